The Kier molecular flexibility index (Phi) is 5.62. The van der Waals surface area contributed by atoms with Crippen LogP contribution in [0.25, 0.3) is 0 Å². The van der Waals surface area contributed by atoms with Crippen LogP contribution in [0, 0.1) is 0 Å². The summed E-state index contributed by atoms with van der Waals surface area (Å²) in [5.41, 5.74) is 2.50. The van der Waals surface area contributed by atoms with Crippen LogP contribution in [0.4, 0.5) is 0 Å². The van der Waals surface area contributed by atoms with Crippen LogP contribution in [0.3, 0.4) is 0 Å². The topological polar surface area (TPSA) is 21.3 Å². The fraction of sp³-hybridized carbons (Fsp3) is 0.294. The molecule has 0 bridgehead atoms. The van der Waals surface area contributed by atoms with E-state index in [0.29, 0.717) is 0 Å². The molecule has 2 rings (SSSR count). The summed E-state index contributed by atoms with van der Waals surface area (Å²) in [6, 6.07) is 16.8. The number of halogens is 1. The second kappa shape index (κ2) is 7.46. The second-order valence-corrected chi connectivity index (χ2v) is 5.54. The minimum atomic E-state index is 0.191. The van der Waals surface area contributed by atoms with Gasteiger partial charge in [-0.2, -0.15) is 0 Å². The first-order valence-corrected chi connectivity index (χ1v) is 7.67. The van der Waals surface area contributed by atoms with E-state index >= 15 is 0 Å². The average Bonchev–Trinajstić information content (AvgIpc) is 2.50. The molecule has 0 saturated carbocycles. The third-order valence-electron chi connectivity index (χ3n) is 3.26. The van der Waals surface area contributed by atoms with Crippen LogP contribution in [0.1, 0.15) is 30.5 Å². The lowest BCUT2D eigenvalue weighted by Crippen LogP contribution is -2.23. The van der Waals surface area contributed by atoms with E-state index in [1.807, 2.05) is 18.2 Å². The van der Waals surface area contributed by atoms with Gasteiger partial charge < -0.3 is 10.1 Å². The van der Waals surface area contributed by atoms with Gasteiger partial charge in [-0.1, -0.05) is 53.2 Å². The highest BCUT2D eigenvalue weighted by molar-refractivity contribution is 9.10. The van der Waals surface area contributed by atoms with Crippen LogP contribution in [-0.4, -0.2) is 13.7 Å². The van der Waals surface area contributed by atoms with Crippen molar-refractivity contribution in [1.82, 2.24) is 5.32 Å². The van der Waals surface area contributed by atoms with E-state index < -0.39 is 0 Å². The highest BCUT2D eigenvalue weighted by Crippen LogP contribution is 2.29. The van der Waals surface area contributed by atoms with Crippen molar-refractivity contribution in [3.63, 3.8) is 0 Å². The van der Waals surface area contributed by atoms with E-state index in [4.69, 9.17) is 4.74 Å². The van der Waals surface area contributed by atoms with Crippen LogP contribution in [0.5, 0.6) is 5.75 Å². The molecule has 0 aliphatic heterocycles. The summed E-state index contributed by atoms with van der Waals surface area (Å²) in [7, 11) is 1.69. The van der Waals surface area contributed by atoms with Crippen molar-refractivity contribution in [3.8, 4) is 5.75 Å². The van der Waals surface area contributed by atoms with Crippen molar-refractivity contribution in [1.29, 1.82) is 0 Å². The first-order valence-electron chi connectivity index (χ1n) is 6.88. The lowest BCUT2D eigenvalue weighted by molar-refractivity contribution is 0.414. The molecule has 2 nitrogen and oxygen atoms in total. The minimum Gasteiger partial charge on any atom is -0.497 e. The summed E-state index contributed by atoms with van der Waals surface area (Å²) < 4.78 is 6.36. The largest absolute Gasteiger partial charge is 0.497 e. The maximum Gasteiger partial charge on any atom is 0.118 e. The zero-order valence-electron chi connectivity index (χ0n) is 11.9. The molecule has 2 aromatic carbocycles. The van der Waals surface area contributed by atoms with E-state index in [-0.39, 0.29) is 6.04 Å². The van der Waals surface area contributed by atoms with Gasteiger partial charge in [-0.3, -0.25) is 0 Å². The maximum atomic E-state index is 5.23. The number of hydrogen-bond donors (Lipinski definition) is 1. The summed E-state index contributed by atoms with van der Waals surface area (Å²) in [5, 5.41) is 3.61. The highest BCUT2D eigenvalue weighted by Gasteiger charge is 2.15. The quantitative estimate of drug-likeness (QED) is 0.837. The van der Waals surface area contributed by atoms with Gasteiger partial charge in [0.2, 0.25) is 0 Å². The minimum absolute atomic E-state index is 0.191. The highest BCUT2D eigenvalue weighted by atomic mass is 79.9. The molecule has 20 heavy (non-hydrogen) atoms. The molecule has 0 aliphatic rings. The Morgan fingerprint density at radius 2 is 1.80 bits per heavy atom. The molecule has 0 aliphatic carbocycles. The molecule has 1 N–H and O–H groups in total. The van der Waals surface area contributed by atoms with Gasteiger partial charge in [-0.25, -0.2) is 0 Å². The van der Waals surface area contributed by atoms with E-state index in [9.17, 15) is 0 Å². The third kappa shape index (κ3) is 3.62. The Balaban J connectivity index is 2.33. The van der Waals surface area contributed by atoms with Gasteiger partial charge in [0.1, 0.15) is 5.75 Å². The number of nitrogens with one attached hydrogen (secondary N) is 1. The van der Waals surface area contributed by atoms with Crippen LogP contribution in [0.2, 0.25) is 0 Å². The Labute approximate surface area is 129 Å². The van der Waals surface area contributed by atoms with Gasteiger partial charge in [0.05, 0.1) is 13.2 Å². The van der Waals surface area contributed by atoms with Gasteiger partial charge in [-0.15, -0.1) is 0 Å². The lowest BCUT2D eigenvalue weighted by atomic mass is 9.98. The smallest absolute Gasteiger partial charge is 0.118 e. The number of rotatable bonds is 6. The molecule has 106 valence electrons. The summed E-state index contributed by atoms with van der Waals surface area (Å²) in [6.07, 6.45) is 1.11. The summed E-state index contributed by atoms with van der Waals surface area (Å²) in [6.45, 7) is 3.16. The van der Waals surface area contributed by atoms with E-state index in [2.05, 4.69) is 58.5 Å². The number of ether oxygens (including phenoxy) is 1. The molecule has 1 unspecified atom stereocenters. The van der Waals surface area contributed by atoms with Crippen molar-refractivity contribution in [2.75, 3.05) is 13.7 Å². The molecule has 0 heterocycles. The zero-order valence-corrected chi connectivity index (χ0v) is 13.5. The number of hydrogen-bond acceptors (Lipinski definition) is 2. The molecule has 0 radical (unpaired) electrons. The van der Waals surface area contributed by atoms with Crippen LogP contribution < -0.4 is 10.1 Å². The molecule has 0 saturated heterocycles. The van der Waals surface area contributed by atoms with Crippen molar-refractivity contribution in [3.05, 3.63) is 64.1 Å². The van der Waals surface area contributed by atoms with Gasteiger partial charge in [-0.05, 0) is 42.3 Å². The molecular formula is C17H20BrNO. The maximum absolute atomic E-state index is 5.23. The molecular weight excluding hydrogens is 314 g/mol. The standard InChI is InChI=1S/C17H20BrNO/c1-3-12-19-17(15-6-4-5-7-16(15)18)13-8-10-14(20-2)11-9-13/h4-11,17,19H,3,12H2,1-2H3. The molecule has 3 heteroatoms. The SMILES string of the molecule is CCCNC(c1ccc(OC)cc1)c1ccccc1Br. The van der Waals surface area contributed by atoms with Gasteiger partial charge >= 0.3 is 0 Å². The van der Waals surface area contributed by atoms with Crippen molar-refractivity contribution < 1.29 is 4.74 Å². The zero-order chi connectivity index (χ0) is 14.4. The van der Waals surface area contributed by atoms with Crippen LogP contribution >= 0.6 is 15.9 Å². The number of methoxy groups -OCH3 is 1. The molecule has 0 spiro atoms. The normalized spacial score (nSPS) is 12.2. The van der Waals surface area contributed by atoms with Crippen LogP contribution in [0.15, 0.2) is 53.0 Å². The summed E-state index contributed by atoms with van der Waals surface area (Å²) >= 11 is 3.65. The van der Waals surface area contributed by atoms with Crippen molar-refractivity contribution >= 4 is 15.9 Å². The Morgan fingerprint density at radius 3 is 2.40 bits per heavy atom. The lowest BCUT2D eigenvalue weighted by Gasteiger charge is -2.21. The van der Waals surface area contributed by atoms with Crippen molar-refractivity contribution in [2.24, 2.45) is 0 Å². The third-order valence-corrected chi connectivity index (χ3v) is 3.99. The second-order valence-electron chi connectivity index (χ2n) is 4.68. The molecule has 0 amide bonds. The first-order chi connectivity index (χ1) is 9.76. The molecule has 0 fully saturated rings. The van der Waals surface area contributed by atoms with E-state index in [1.165, 1.54) is 11.1 Å². The van der Waals surface area contributed by atoms with Gasteiger partial charge in [0.15, 0.2) is 0 Å². The number of benzene rings is 2. The molecule has 2 aromatic rings. The van der Waals surface area contributed by atoms with E-state index in [0.717, 1.165) is 23.2 Å². The van der Waals surface area contributed by atoms with Gasteiger partial charge in [0, 0.05) is 4.47 Å². The average molecular weight is 334 g/mol. The monoisotopic (exact) mass is 333 g/mol. The Hall–Kier alpha value is -1.32. The predicted octanol–water partition coefficient (Wildman–Crippen LogP) is 4.55. The first kappa shape index (κ1) is 15.1. The van der Waals surface area contributed by atoms with Crippen LogP contribution in [-0.2, 0) is 0 Å². The van der Waals surface area contributed by atoms with Gasteiger partial charge in [0.25, 0.3) is 0 Å². The molecule has 1 atom stereocenters. The van der Waals surface area contributed by atoms with Crippen molar-refractivity contribution in [2.45, 2.75) is 19.4 Å². The molecule has 0 aromatic heterocycles. The summed E-state index contributed by atoms with van der Waals surface area (Å²) in [4.78, 5) is 0. The van der Waals surface area contributed by atoms with E-state index in [1.54, 1.807) is 7.11 Å². The fourth-order valence-corrected chi connectivity index (χ4v) is 2.72. The summed E-state index contributed by atoms with van der Waals surface area (Å²) in [5.74, 6) is 0.884. The predicted molar refractivity (Wildman–Crippen MR) is 87.3 cm³/mol. The fourth-order valence-electron chi connectivity index (χ4n) is 2.20. The Morgan fingerprint density at radius 1 is 1.10 bits per heavy atom. The Bertz CT molecular complexity index is 539.